The molecule has 0 bridgehead atoms. The van der Waals surface area contributed by atoms with Crippen LogP contribution in [-0.4, -0.2) is 43.2 Å². The summed E-state index contributed by atoms with van der Waals surface area (Å²) in [4.78, 5) is 15.0. The second-order valence-corrected chi connectivity index (χ2v) is 9.35. The first-order valence-electron chi connectivity index (χ1n) is 9.36. The van der Waals surface area contributed by atoms with Crippen LogP contribution in [0.3, 0.4) is 0 Å². The summed E-state index contributed by atoms with van der Waals surface area (Å²) in [6, 6.07) is 12.0. The van der Waals surface area contributed by atoms with Gasteiger partial charge in [0.25, 0.3) is 5.91 Å². The number of rotatable bonds is 5. The molecule has 1 aliphatic rings. The van der Waals surface area contributed by atoms with E-state index in [9.17, 15) is 17.6 Å². The third-order valence-electron chi connectivity index (χ3n) is 5.25. The van der Waals surface area contributed by atoms with Gasteiger partial charge in [0.05, 0.1) is 10.9 Å². The topological polar surface area (TPSA) is 57.7 Å². The molecule has 1 heterocycles. The van der Waals surface area contributed by atoms with Gasteiger partial charge in [-0.25, -0.2) is 12.8 Å². The molecule has 5 nitrogen and oxygen atoms in total. The summed E-state index contributed by atoms with van der Waals surface area (Å²) < 4.78 is 40.0. The van der Waals surface area contributed by atoms with Crippen molar-refractivity contribution in [1.82, 2.24) is 9.21 Å². The fourth-order valence-electron chi connectivity index (χ4n) is 3.44. The highest BCUT2D eigenvalue weighted by Crippen LogP contribution is 2.33. The molecule has 3 rings (SSSR count). The maximum Gasteiger partial charge on any atom is 0.254 e. The van der Waals surface area contributed by atoms with Gasteiger partial charge in [-0.3, -0.25) is 4.79 Å². The molecule has 2 aromatic carbocycles. The number of amides is 1. The SMILES string of the molecule is CC(C)N(C)S(=O)(=O)c1cccc(C(=O)N2CCCC2c2ccc(F)cc2)c1. The molecule has 2 aromatic rings. The first kappa shape index (κ1) is 20.5. The third-order valence-corrected chi connectivity index (χ3v) is 7.28. The third kappa shape index (κ3) is 3.95. The van der Waals surface area contributed by atoms with Gasteiger partial charge in [-0.15, -0.1) is 0 Å². The van der Waals surface area contributed by atoms with Crippen LogP contribution in [-0.2, 0) is 10.0 Å². The minimum atomic E-state index is -3.67. The van der Waals surface area contributed by atoms with E-state index < -0.39 is 10.0 Å². The maximum atomic E-state index is 13.2. The molecule has 0 saturated carbocycles. The summed E-state index contributed by atoms with van der Waals surface area (Å²) in [7, 11) is -2.14. The second kappa shape index (κ2) is 8.01. The zero-order valence-corrected chi connectivity index (χ0v) is 17.1. The number of halogens is 1. The molecule has 0 aromatic heterocycles. The number of likely N-dealkylation sites (tertiary alicyclic amines) is 1. The van der Waals surface area contributed by atoms with Gasteiger partial charge in [-0.1, -0.05) is 18.2 Å². The zero-order chi connectivity index (χ0) is 20.5. The lowest BCUT2D eigenvalue weighted by Gasteiger charge is -2.26. The van der Waals surface area contributed by atoms with Crippen LogP contribution in [0.2, 0.25) is 0 Å². The summed E-state index contributed by atoms with van der Waals surface area (Å²) in [5.41, 5.74) is 1.22. The Morgan fingerprint density at radius 2 is 1.86 bits per heavy atom. The molecule has 7 heteroatoms. The standard InChI is InChI=1S/C21H25FN2O3S/c1-15(2)23(3)28(26,27)19-7-4-6-17(14-19)21(25)24-13-5-8-20(24)16-9-11-18(22)12-10-16/h4,6-7,9-12,14-15,20H,5,8,13H2,1-3H3. The maximum absolute atomic E-state index is 13.2. The summed E-state index contributed by atoms with van der Waals surface area (Å²) >= 11 is 0. The van der Waals surface area contributed by atoms with Crippen molar-refractivity contribution in [2.45, 2.75) is 43.7 Å². The molecule has 0 N–H and O–H groups in total. The van der Waals surface area contributed by atoms with Gasteiger partial charge in [0.2, 0.25) is 10.0 Å². The lowest BCUT2D eigenvalue weighted by Crippen LogP contribution is -2.33. The summed E-state index contributed by atoms with van der Waals surface area (Å²) in [6.45, 7) is 4.18. The van der Waals surface area contributed by atoms with E-state index in [0.717, 1.165) is 18.4 Å². The quantitative estimate of drug-likeness (QED) is 0.761. The molecule has 150 valence electrons. The van der Waals surface area contributed by atoms with Crippen LogP contribution in [0.4, 0.5) is 4.39 Å². The number of carbonyl (C=O) groups excluding carboxylic acids is 1. The normalized spacial score (nSPS) is 17.5. The fraction of sp³-hybridized carbons (Fsp3) is 0.381. The largest absolute Gasteiger partial charge is 0.332 e. The fourth-order valence-corrected chi connectivity index (χ4v) is 4.85. The molecule has 1 aliphatic heterocycles. The Bertz CT molecular complexity index is 958. The number of sulfonamides is 1. The van der Waals surface area contributed by atoms with Crippen molar-refractivity contribution in [3.63, 3.8) is 0 Å². The lowest BCUT2D eigenvalue weighted by atomic mass is 10.0. The lowest BCUT2D eigenvalue weighted by molar-refractivity contribution is 0.0735. The molecule has 0 spiro atoms. The van der Waals surface area contributed by atoms with Crippen molar-refractivity contribution in [2.75, 3.05) is 13.6 Å². The van der Waals surface area contributed by atoms with Gasteiger partial charge in [-0.2, -0.15) is 4.31 Å². The molecule has 0 radical (unpaired) electrons. The molecule has 1 unspecified atom stereocenters. The Morgan fingerprint density at radius 3 is 2.50 bits per heavy atom. The predicted molar refractivity (Wildman–Crippen MR) is 106 cm³/mol. The van der Waals surface area contributed by atoms with Gasteiger partial charge in [0.1, 0.15) is 5.82 Å². The Labute approximate surface area is 165 Å². The van der Waals surface area contributed by atoms with Crippen LogP contribution in [0.5, 0.6) is 0 Å². The number of nitrogens with zero attached hydrogens (tertiary/aromatic N) is 2. The molecule has 1 saturated heterocycles. The van der Waals surface area contributed by atoms with Crippen LogP contribution in [0.1, 0.15) is 48.7 Å². The average molecular weight is 405 g/mol. The predicted octanol–water partition coefficient (Wildman–Crippen LogP) is 3.83. The molecule has 1 atom stereocenters. The summed E-state index contributed by atoms with van der Waals surface area (Å²) in [5, 5.41) is 0. The van der Waals surface area contributed by atoms with Gasteiger partial charge in [0.15, 0.2) is 0 Å². The van der Waals surface area contributed by atoms with E-state index >= 15 is 0 Å². The Balaban J connectivity index is 1.89. The van der Waals surface area contributed by atoms with Crippen molar-refractivity contribution in [1.29, 1.82) is 0 Å². The number of hydrogen-bond donors (Lipinski definition) is 0. The van der Waals surface area contributed by atoms with E-state index in [2.05, 4.69) is 0 Å². The highest BCUT2D eigenvalue weighted by molar-refractivity contribution is 7.89. The van der Waals surface area contributed by atoms with Crippen LogP contribution < -0.4 is 0 Å². The average Bonchev–Trinajstić information content (AvgIpc) is 3.17. The van der Waals surface area contributed by atoms with E-state index in [1.54, 1.807) is 43.0 Å². The molecule has 0 aliphatic carbocycles. The molecule has 28 heavy (non-hydrogen) atoms. The molecule has 1 fully saturated rings. The van der Waals surface area contributed by atoms with Crippen molar-refractivity contribution in [3.05, 3.63) is 65.5 Å². The first-order chi connectivity index (χ1) is 13.2. The van der Waals surface area contributed by atoms with Crippen LogP contribution in [0, 0.1) is 5.82 Å². The Kier molecular flexibility index (Phi) is 5.86. The van der Waals surface area contributed by atoms with Gasteiger partial charge in [0, 0.05) is 25.2 Å². The minimum absolute atomic E-state index is 0.104. The van der Waals surface area contributed by atoms with E-state index in [0.29, 0.717) is 12.1 Å². The number of carbonyl (C=O) groups is 1. The number of hydrogen-bond acceptors (Lipinski definition) is 3. The smallest absolute Gasteiger partial charge is 0.254 e. The Hall–Kier alpha value is -2.25. The Morgan fingerprint density at radius 1 is 1.18 bits per heavy atom. The van der Waals surface area contributed by atoms with Crippen LogP contribution in [0.25, 0.3) is 0 Å². The summed E-state index contributed by atoms with van der Waals surface area (Å²) in [5.74, 6) is -0.525. The molecule has 1 amide bonds. The minimum Gasteiger partial charge on any atom is -0.332 e. The van der Waals surface area contributed by atoms with Crippen molar-refractivity contribution in [2.24, 2.45) is 0 Å². The molecular formula is C21H25FN2O3S. The van der Waals surface area contributed by atoms with Crippen LogP contribution >= 0.6 is 0 Å². The van der Waals surface area contributed by atoms with E-state index in [-0.39, 0.29) is 28.7 Å². The monoisotopic (exact) mass is 404 g/mol. The second-order valence-electron chi connectivity index (χ2n) is 7.35. The zero-order valence-electron chi connectivity index (χ0n) is 16.3. The summed E-state index contributed by atoms with van der Waals surface area (Å²) in [6.07, 6.45) is 1.65. The van der Waals surface area contributed by atoms with Gasteiger partial charge in [-0.05, 0) is 62.6 Å². The number of benzene rings is 2. The first-order valence-corrected chi connectivity index (χ1v) is 10.8. The van der Waals surface area contributed by atoms with Gasteiger partial charge >= 0.3 is 0 Å². The van der Waals surface area contributed by atoms with Gasteiger partial charge < -0.3 is 4.90 Å². The van der Waals surface area contributed by atoms with E-state index in [1.807, 2.05) is 0 Å². The van der Waals surface area contributed by atoms with Crippen LogP contribution in [0.15, 0.2) is 53.4 Å². The van der Waals surface area contributed by atoms with Crippen molar-refractivity contribution >= 4 is 15.9 Å². The highest BCUT2D eigenvalue weighted by atomic mass is 32.2. The van der Waals surface area contributed by atoms with Crippen molar-refractivity contribution < 1.29 is 17.6 Å². The molecular weight excluding hydrogens is 379 g/mol. The van der Waals surface area contributed by atoms with E-state index in [4.69, 9.17) is 0 Å². The van der Waals surface area contributed by atoms with Crippen molar-refractivity contribution in [3.8, 4) is 0 Å². The highest BCUT2D eigenvalue weighted by Gasteiger charge is 2.31. The van der Waals surface area contributed by atoms with E-state index in [1.165, 1.54) is 35.6 Å².